The smallest absolute Gasteiger partial charge is 0.0179 e. The van der Waals surface area contributed by atoms with E-state index in [0.717, 1.165) is 19.4 Å². The van der Waals surface area contributed by atoms with Gasteiger partial charge in [0.15, 0.2) is 0 Å². The van der Waals surface area contributed by atoms with Gasteiger partial charge in [-0.05, 0) is 25.2 Å². The van der Waals surface area contributed by atoms with Crippen molar-refractivity contribution in [3.8, 4) is 0 Å². The molecular weight excluding hydrogens is 124 g/mol. The fourth-order valence-electron chi connectivity index (χ4n) is 0.713. The van der Waals surface area contributed by atoms with E-state index in [1.54, 1.807) is 12.4 Å². The standard InChI is InChI=1S/C8H16N2/c1-3-8(7-9)5-6-10-4-2/h4,7,10H,2-3,5-6,9H2,1H3/b8-7-. The molecule has 0 aromatic heterocycles. The summed E-state index contributed by atoms with van der Waals surface area (Å²) in [5.74, 6) is 0. The second kappa shape index (κ2) is 6.20. The number of nitrogens with two attached hydrogens (primary N) is 1. The third-order valence-corrected chi connectivity index (χ3v) is 1.42. The van der Waals surface area contributed by atoms with Gasteiger partial charge in [-0.3, -0.25) is 0 Å². The van der Waals surface area contributed by atoms with Crippen molar-refractivity contribution in [3.63, 3.8) is 0 Å². The minimum absolute atomic E-state index is 0.931. The van der Waals surface area contributed by atoms with E-state index >= 15 is 0 Å². The fraction of sp³-hybridized carbons (Fsp3) is 0.500. The molecule has 0 radical (unpaired) electrons. The van der Waals surface area contributed by atoms with Crippen LogP contribution in [0.25, 0.3) is 0 Å². The summed E-state index contributed by atoms with van der Waals surface area (Å²) in [4.78, 5) is 0. The van der Waals surface area contributed by atoms with Crippen LogP contribution in [0.3, 0.4) is 0 Å². The molecule has 0 heterocycles. The first-order valence-electron chi connectivity index (χ1n) is 3.59. The Morgan fingerprint density at radius 1 is 1.70 bits per heavy atom. The first kappa shape index (κ1) is 9.08. The maximum Gasteiger partial charge on any atom is 0.0179 e. The molecule has 0 saturated carbocycles. The van der Waals surface area contributed by atoms with Gasteiger partial charge in [0.05, 0.1) is 0 Å². The minimum atomic E-state index is 0.931. The molecule has 0 unspecified atom stereocenters. The van der Waals surface area contributed by atoms with E-state index in [-0.39, 0.29) is 0 Å². The van der Waals surface area contributed by atoms with Crippen molar-refractivity contribution in [2.24, 2.45) is 5.73 Å². The summed E-state index contributed by atoms with van der Waals surface area (Å²) >= 11 is 0. The van der Waals surface area contributed by atoms with Crippen LogP contribution >= 0.6 is 0 Å². The maximum absolute atomic E-state index is 5.35. The van der Waals surface area contributed by atoms with Gasteiger partial charge >= 0.3 is 0 Å². The summed E-state index contributed by atoms with van der Waals surface area (Å²) in [5.41, 5.74) is 6.64. The van der Waals surface area contributed by atoms with Gasteiger partial charge in [0.1, 0.15) is 0 Å². The van der Waals surface area contributed by atoms with Crippen molar-refractivity contribution >= 4 is 0 Å². The molecule has 0 amide bonds. The summed E-state index contributed by atoms with van der Waals surface area (Å²) in [6.45, 7) is 6.58. The Balaban J connectivity index is 3.36. The number of nitrogens with one attached hydrogen (secondary N) is 1. The van der Waals surface area contributed by atoms with E-state index in [9.17, 15) is 0 Å². The Hall–Kier alpha value is -0.920. The molecule has 0 rings (SSSR count). The largest absolute Gasteiger partial charge is 0.405 e. The van der Waals surface area contributed by atoms with Crippen LogP contribution in [0.1, 0.15) is 19.8 Å². The average Bonchev–Trinajstić information content (AvgIpc) is 1.99. The van der Waals surface area contributed by atoms with Gasteiger partial charge in [-0.15, -0.1) is 0 Å². The monoisotopic (exact) mass is 140 g/mol. The number of rotatable bonds is 5. The summed E-state index contributed by atoms with van der Waals surface area (Å²) < 4.78 is 0. The van der Waals surface area contributed by atoms with E-state index in [4.69, 9.17) is 5.73 Å². The van der Waals surface area contributed by atoms with Gasteiger partial charge < -0.3 is 11.1 Å². The normalized spacial score (nSPS) is 11.1. The Morgan fingerprint density at radius 3 is 2.80 bits per heavy atom. The van der Waals surface area contributed by atoms with Crippen LogP contribution < -0.4 is 11.1 Å². The lowest BCUT2D eigenvalue weighted by Crippen LogP contribution is -2.07. The highest BCUT2D eigenvalue weighted by Crippen LogP contribution is 2.01. The van der Waals surface area contributed by atoms with Gasteiger partial charge in [-0.25, -0.2) is 0 Å². The number of hydrogen-bond acceptors (Lipinski definition) is 2. The van der Waals surface area contributed by atoms with Crippen molar-refractivity contribution in [1.82, 2.24) is 5.32 Å². The van der Waals surface area contributed by atoms with Crippen LogP contribution in [0, 0.1) is 0 Å². The highest BCUT2D eigenvalue weighted by molar-refractivity contribution is 4.98. The van der Waals surface area contributed by atoms with E-state index in [1.165, 1.54) is 5.57 Å². The quantitative estimate of drug-likeness (QED) is 0.566. The van der Waals surface area contributed by atoms with Gasteiger partial charge in [0.25, 0.3) is 0 Å². The molecule has 0 atom stereocenters. The minimum Gasteiger partial charge on any atom is -0.405 e. The zero-order chi connectivity index (χ0) is 7.82. The molecule has 0 bridgehead atoms. The molecule has 0 saturated heterocycles. The van der Waals surface area contributed by atoms with E-state index in [1.807, 2.05) is 0 Å². The molecule has 0 aliphatic carbocycles. The molecule has 0 fully saturated rings. The Bertz CT molecular complexity index is 116. The van der Waals surface area contributed by atoms with Crippen molar-refractivity contribution in [2.45, 2.75) is 19.8 Å². The number of hydrogen-bond donors (Lipinski definition) is 2. The molecule has 2 heteroatoms. The summed E-state index contributed by atoms with van der Waals surface area (Å²) in [5, 5.41) is 3.01. The maximum atomic E-state index is 5.35. The first-order chi connectivity index (χ1) is 4.85. The molecular formula is C8H16N2. The third-order valence-electron chi connectivity index (χ3n) is 1.42. The zero-order valence-electron chi connectivity index (χ0n) is 6.56. The lowest BCUT2D eigenvalue weighted by atomic mass is 10.1. The molecule has 0 spiro atoms. The molecule has 0 aromatic carbocycles. The Kier molecular flexibility index (Phi) is 5.63. The highest BCUT2D eigenvalue weighted by atomic mass is 14.8. The van der Waals surface area contributed by atoms with Crippen molar-refractivity contribution in [1.29, 1.82) is 0 Å². The highest BCUT2D eigenvalue weighted by Gasteiger charge is 1.90. The molecule has 0 aliphatic rings. The summed E-state index contributed by atoms with van der Waals surface area (Å²) in [6.07, 6.45) is 5.43. The Morgan fingerprint density at radius 2 is 2.40 bits per heavy atom. The predicted octanol–water partition coefficient (Wildman–Crippen LogP) is 1.36. The second-order valence-corrected chi connectivity index (χ2v) is 2.09. The van der Waals surface area contributed by atoms with E-state index < -0.39 is 0 Å². The SMILES string of the molecule is C=CNCC/C(=C\N)CC. The van der Waals surface area contributed by atoms with Crippen LogP contribution in [0.5, 0.6) is 0 Å². The lowest BCUT2D eigenvalue weighted by molar-refractivity contribution is 0.799. The fourth-order valence-corrected chi connectivity index (χ4v) is 0.713. The molecule has 0 aliphatic heterocycles. The zero-order valence-corrected chi connectivity index (χ0v) is 6.56. The Labute approximate surface area is 62.8 Å². The van der Waals surface area contributed by atoms with Crippen molar-refractivity contribution in [2.75, 3.05) is 6.54 Å². The average molecular weight is 140 g/mol. The third kappa shape index (κ3) is 4.01. The molecule has 2 nitrogen and oxygen atoms in total. The van der Waals surface area contributed by atoms with Gasteiger partial charge in [0.2, 0.25) is 0 Å². The molecule has 0 aromatic rings. The van der Waals surface area contributed by atoms with Gasteiger partial charge in [0, 0.05) is 6.54 Å². The van der Waals surface area contributed by atoms with Crippen LogP contribution in [-0.2, 0) is 0 Å². The molecule has 58 valence electrons. The van der Waals surface area contributed by atoms with Crippen molar-refractivity contribution in [3.05, 3.63) is 24.6 Å². The van der Waals surface area contributed by atoms with Crippen LogP contribution in [0.2, 0.25) is 0 Å². The second-order valence-electron chi connectivity index (χ2n) is 2.09. The molecule has 10 heavy (non-hydrogen) atoms. The van der Waals surface area contributed by atoms with Crippen molar-refractivity contribution < 1.29 is 0 Å². The van der Waals surface area contributed by atoms with E-state index in [2.05, 4.69) is 18.8 Å². The van der Waals surface area contributed by atoms with Crippen LogP contribution in [0.15, 0.2) is 24.6 Å². The van der Waals surface area contributed by atoms with E-state index in [0.29, 0.717) is 0 Å². The summed E-state index contributed by atoms with van der Waals surface area (Å²) in [6, 6.07) is 0. The van der Waals surface area contributed by atoms with Gasteiger partial charge in [-0.2, -0.15) is 0 Å². The van der Waals surface area contributed by atoms with Crippen LogP contribution in [0.4, 0.5) is 0 Å². The topological polar surface area (TPSA) is 38.0 Å². The lowest BCUT2D eigenvalue weighted by Gasteiger charge is -2.02. The van der Waals surface area contributed by atoms with Gasteiger partial charge in [-0.1, -0.05) is 19.1 Å². The predicted molar refractivity (Wildman–Crippen MR) is 45.4 cm³/mol. The van der Waals surface area contributed by atoms with Crippen LogP contribution in [-0.4, -0.2) is 6.54 Å². The molecule has 3 N–H and O–H groups in total. The first-order valence-corrected chi connectivity index (χ1v) is 3.59. The summed E-state index contributed by atoms with van der Waals surface area (Å²) in [7, 11) is 0.